The molecule has 0 aliphatic carbocycles. The van der Waals surface area contributed by atoms with Gasteiger partial charge in [-0.25, -0.2) is 0 Å². The zero-order valence-electron chi connectivity index (χ0n) is 9.25. The number of amides is 1. The van der Waals surface area contributed by atoms with Crippen molar-refractivity contribution in [3.63, 3.8) is 0 Å². The topological polar surface area (TPSA) is 112 Å². The molecule has 8 heteroatoms. The van der Waals surface area contributed by atoms with Crippen LogP contribution >= 0.6 is 0 Å². The van der Waals surface area contributed by atoms with E-state index in [1.165, 1.54) is 17.2 Å². The Labute approximate surface area is 96.8 Å². The summed E-state index contributed by atoms with van der Waals surface area (Å²) in [6.45, 7) is 0.398. The van der Waals surface area contributed by atoms with Gasteiger partial charge < -0.3 is 15.6 Å². The molecule has 2 aromatic heterocycles. The number of nitrogens with two attached hydrogens (primary N) is 1. The first-order valence-corrected chi connectivity index (χ1v) is 4.99. The van der Waals surface area contributed by atoms with Crippen LogP contribution in [0.3, 0.4) is 0 Å². The third kappa shape index (κ3) is 2.41. The maximum atomic E-state index is 11.7. The minimum atomic E-state index is -0.268. The second kappa shape index (κ2) is 4.64. The lowest BCUT2D eigenvalue weighted by Gasteiger charge is -2.02. The number of nitrogens with zero attached hydrogens (tertiary/aromatic N) is 4. The fraction of sp³-hybridized carbons (Fsp3) is 0.333. The summed E-state index contributed by atoms with van der Waals surface area (Å²) in [6.07, 6.45) is 3.22. The van der Waals surface area contributed by atoms with E-state index in [4.69, 9.17) is 10.3 Å². The second-order valence-electron chi connectivity index (χ2n) is 3.41. The highest BCUT2D eigenvalue weighted by Gasteiger charge is 2.13. The van der Waals surface area contributed by atoms with Crippen LogP contribution in [0.2, 0.25) is 0 Å². The van der Waals surface area contributed by atoms with Crippen molar-refractivity contribution in [2.24, 2.45) is 7.05 Å². The number of aryl methyl sites for hydroxylation is 1. The number of hydrogen-bond donors (Lipinski definition) is 2. The van der Waals surface area contributed by atoms with Crippen LogP contribution in [-0.4, -0.2) is 32.4 Å². The standard InChI is InChI=1S/C9H12N6O2/c1-15-8(10)6(4-13-15)9(16)11-3-2-7-12-5-14-17-7/h4-5H,2-3,10H2,1H3,(H,11,16). The number of anilines is 1. The van der Waals surface area contributed by atoms with Gasteiger partial charge in [0.1, 0.15) is 11.4 Å². The average Bonchev–Trinajstić information content (AvgIpc) is 2.91. The maximum Gasteiger partial charge on any atom is 0.256 e. The Morgan fingerprint density at radius 1 is 1.65 bits per heavy atom. The van der Waals surface area contributed by atoms with E-state index < -0.39 is 0 Å². The summed E-state index contributed by atoms with van der Waals surface area (Å²) < 4.78 is 6.23. The fourth-order valence-electron chi connectivity index (χ4n) is 1.31. The highest BCUT2D eigenvalue weighted by molar-refractivity contribution is 5.98. The van der Waals surface area contributed by atoms with Crippen LogP contribution < -0.4 is 11.1 Å². The fourth-order valence-corrected chi connectivity index (χ4v) is 1.31. The van der Waals surface area contributed by atoms with Crippen molar-refractivity contribution in [2.75, 3.05) is 12.3 Å². The Bertz CT molecular complexity index is 504. The molecule has 0 bridgehead atoms. The van der Waals surface area contributed by atoms with Gasteiger partial charge in [0.05, 0.1) is 6.20 Å². The minimum Gasteiger partial charge on any atom is -0.383 e. The van der Waals surface area contributed by atoms with Crippen molar-refractivity contribution in [1.29, 1.82) is 0 Å². The van der Waals surface area contributed by atoms with Gasteiger partial charge in [0.15, 0.2) is 6.33 Å². The van der Waals surface area contributed by atoms with E-state index in [0.717, 1.165) is 0 Å². The van der Waals surface area contributed by atoms with Crippen LogP contribution in [0.25, 0.3) is 0 Å². The maximum absolute atomic E-state index is 11.7. The van der Waals surface area contributed by atoms with Crippen LogP contribution in [0, 0.1) is 0 Å². The van der Waals surface area contributed by atoms with E-state index in [2.05, 4.69) is 20.6 Å². The summed E-state index contributed by atoms with van der Waals surface area (Å²) in [4.78, 5) is 15.5. The number of hydrogen-bond acceptors (Lipinski definition) is 6. The molecule has 3 N–H and O–H groups in total. The molecule has 17 heavy (non-hydrogen) atoms. The molecule has 0 atom stereocenters. The van der Waals surface area contributed by atoms with Gasteiger partial charge in [-0.2, -0.15) is 10.1 Å². The van der Waals surface area contributed by atoms with Gasteiger partial charge >= 0.3 is 0 Å². The Kier molecular flexibility index (Phi) is 3.03. The lowest BCUT2D eigenvalue weighted by Crippen LogP contribution is -2.26. The largest absolute Gasteiger partial charge is 0.383 e. The van der Waals surface area contributed by atoms with E-state index >= 15 is 0 Å². The number of aromatic nitrogens is 4. The molecule has 0 unspecified atom stereocenters. The third-order valence-electron chi connectivity index (χ3n) is 2.26. The molecule has 0 aliphatic heterocycles. The van der Waals surface area contributed by atoms with Crippen LogP contribution in [0.1, 0.15) is 16.2 Å². The number of carbonyl (C=O) groups is 1. The molecular weight excluding hydrogens is 224 g/mol. The minimum absolute atomic E-state index is 0.268. The molecule has 0 radical (unpaired) electrons. The molecule has 1 amide bonds. The van der Waals surface area contributed by atoms with Crippen molar-refractivity contribution >= 4 is 11.7 Å². The van der Waals surface area contributed by atoms with Crippen LogP contribution in [-0.2, 0) is 13.5 Å². The molecule has 0 fully saturated rings. The molecule has 0 spiro atoms. The molecule has 0 aliphatic rings. The highest BCUT2D eigenvalue weighted by Crippen LogP contribution is 2.08. The molecule has 2 rings (SSSR count). The zero-order valence-corrected chi connectivity index (χ0v) is 9.25. The number of nitrogens with one attached hydrogen (secondary N) is 1. The summed E-state index contributed by atoms with van der Waals surface area (Å²) in [5.74, 6) is 0.542. The Morgan fingerprint density at radius 3 is 3.06 bits per heavy atom. The lowest BCUT2D eigenvalue weighted by atomic mass is 10.3. The average molecular weight is 236 g/mol. The quantitative estimate of drug-likeness (QED) is 0.730. The van der Waals surface area contributed by atoms with Gasteiger partial charge in [0.25, 0.3) is 5.91 Å². The summed E-state index contributed by atoms with van der Waals surface area (Å²) >= 11 is 0. The van der Waals surface area contributed by atoms with Crippen molar-refractivity contribution in [1.82, 2.24) is 25.2 Å². The Hall–Kier alpha value is -2.38. The summed E-state index contributed by atoms with van der Waals surface area (Å²) in [5.41, 5.74) is 6.03. The number of nitrogen functional groups attached to an aromatic ring is 1. The van der Waals surface area contributed by atoms with Gasteiger partial charge in [0, 0.05) is 20.0 Å². The number of carbonyl (C=O) groups excluding carboxylic acids is 1. The van der Waals surface area contributed by atoms with Crippen molar-refractivity contribution in [3.8, 4) is 0 Å². The molecule has 90 valence electrons. The van der Waals surface area contributed by atoms with Gasteiger partial charge in [-0.1, -0.05) is 5.16 Å². The molecule has 8 nitrogen and oxygen atoms in total. The molecule has 0 aromatic carbocycles. The van der Waals surface area contributed by atoms with Crippen LogP contribution in [0.4, 0.5) is 5.82 Å². The Balaban J connectivity index is 1.87. The summed E-state index contributed by atoms with van der Waals surface area (Å²) in [6, 6.07) is 0. The van der Waals surface area contributed by atoms with Gasteiger partial charge in [-0.05, 0) is 0 Å². The normalized spacial score (nSPS) is 10.4. The van der Waals surface area contributed by atoms with E-state index in [9.17, 15) is 4.79 Å². The van der Waals surface area contributed by atoms with Crippen molar-refractivity contribution in [2.45, 2.75) is 6.42 Å². The second-order valence-corrected chi connectivity index (χ2v) is 3.41. The predicted molar refractivity (Wildman–Crippen MR) is 58.0 cm³/mol. The van der Waals surface area contributed by atoms with Gasteiger partial charge in [-0.3, -0.25) is 9.48 Å². The molecular formula is C9H12N6O2. The van der Waals surface area contributed by atoms with Crippen molar-refractivity contribution in [3.05, 3.63) is 24.0 Å². The summed E-state index contributed by atoms with van der Waals surface area (Å²) in [5, 5.41) is 10.0. The summed E-state index contributed by atoms with van der Waals surface area (Å²) in [7, 11) is 1.67. The van der Waals surface area contributed by atoms with E-state index in [1.54, 1.807) is 7.05 Å². The van der Waals surface area contributed by atoms with E-state index in [1.807, 2.05) is 0 Å². The predicted octanol–water partition coefficient (Wildman–Crippen LogP) is -0.642. The van der Waals surface area contributed by atoms with Gasteiger partial charge in [-0.15, -0.1) is 0 Å². The lowest BCUT2D eigenvalue weighted by molar-refractivity contribution is 0.0954. The monoisotopic (exact) mass is 236 g/mol. The third-order valence-corrected chi connectivity index (χ3v) is 2.26. The van der Waals surface area contributed by atoms with Crippen molar-refractivity contribution < 1.29 is 9.32 Å². The first-order valence-electron chi connectivity index (χ1n) is 4.99. The van der Waals surface area contributed by atoms with Gasteiger partial charge in [0.2, 0.25) is 5.89 Å². The smallest absolute Gasteiger partial charge is 0.256 e. The SMILES string of the molecule is Cn1ncc(C(=O)NCCc2ncno2)c1N. The molecule has 2 heterocycles. The number of rotatable bonds is 4. The highest BCUT2D eigenvalue weighted by atomic mass is 16.5. The van der Waals surface area contributed by atoms with Crippen LogP contribution in [0.5, 0.6) is 0 Å². The molecule has 0 saturated heterocycles. The first-order chi connectivity index (χ1) is 8.18. The Morgan fingerprint density at radius 2 is 2.47 bits per heavy atom. The zero-order chi connectivity index (χ0) is 12.3. The van der Waals surface area contributed by atoms with E-state index in [-0.39, 0.29) is 5.91 Å². The van der Waals surface area contributed by atoms with Crippen LogP contribution in [0.15, 0.2) is 17.0 Å². The first kappa shape index (κ1) is 11.1. The van der Waals surface area contributed by atoms with E-state index in [0.29, 0.717) is 30.2 Å². The molecule has 2 aromatic rings. The molecule has 0 saturated carbocycles.